The van der Waals surface area contributed by atoms with Crippen LogP contribution in [0.4, 0.5) is 0 Å². The molecule has 7 heteroatoms. The number of ether oxygens (including phenoxy) is 1. The molecule has 106 valence electrons. The molecule has 0 amide bonds. The number of aliphatic carboxylic acids is 1. The summed E-state index contributed by atoms with van der Waals surface area (Å²) in [5.74, 6) is -1.35. The van der Waals surface area contributed by atoms with Gasteiger partial charge in [0.1, 0.15) is 0 Å². The van der Waals surface area contributed by atoms with E-state index in [4.69, 9.17) is 9.84 Å². The summed E-state index contributed by atoms with van der Waals surface area (Å²) in [4.78, 5) is 10.9. The van der Waals surface area contributed by atoms with Crippen molar-refractivity contribution in [2.24, 2.45) is 5.92 Å². The molecule has 0 aliphatic heterocycles. The van der Waals surface area contributed by atoms with E-state index >= 15 is 0 Å². The number of carboxylic acid groups (broad SMARTS) is 1. The Labute approximate surface area is 108 Å². The molecule has 2 atom stereocenters. The highest BCUT2D eigenvalue weighted by Gasteiger charge is 2.29. The first-order valence-electron chi connectivity index (χ1n) is 6.25. The second-order valence-corrected chi connectivity index (χ2v) is 6.41. The summed E-state index contributed by atoms with van der Waals surface area (Å²) in [6.07, 6.45) is 2.46. The van der Waals surface area contributed by atoms with E-state index < -0.39 is 21.9 Å². The van der Waals surface area contributed by atoms with E-state index in [1.165, 1.54) is 0 Å². The first-order chi connectivity index (χ1) is 8.44. The van der Waals surface area contributed by atoms with Crippen molar-refractivity contribution in [3.63, 3.8) is 0 Å². The molecule has 1 saturated carbocycles. The Morgan fingerprint density at radius 2 is 2.17 bits per heavy atom. The van der Waals surface area contributed by atoms with Gasteiger partial charge in [0.15, 0.2) is 0 Å². The third kappa shape index (κ3) is 5.32. The Morgan fingerprint density at radius 3 is 2.78 bits per heavy atom. The molecule has 6 nitrogen and oxygen atoms in total. The SMILES string of the molecule is CCOCCS(=O)(=O)NC1CCCC(C(=O)O)C1. The van der Waals surface area contributed by atoms with Crippen LogP contribution in [0.5, 0.6) is 0 Å². The van der Waals surface area contributed by atoms with Gasteiger partial charge in [-0.25, -0.2) is 13.1 Å². The van der Waals surface area contributed by atoms with E-state index in [1.807, 2.05) is 0 Å². The second kappa shape index (κ2) is 7.06. The van der Waals surface area contributed by atoms with Gasteiger partial charge in [-0.2, -0.15) is 0 Å². The van der Waals surface area contributed by atoms with E-state index in [0.717, 1.165) is 6.42 Å². The number of carbonyl (C=O) groups is 1. The first-order valence-corrected chi connectivity index (χ1v) is 7.90. The Balaban J connectivity index is 2.43. The first kappa shape index (κ1) is 15.4. The van der Waals surface area contributed by atoms with Gasteiger partial charge in [0.2, 0.25) is 10.0 Å². The van der Waals surface area contributed by atoms with Crippen LogP contribution in [0.2, 0.25) is 0 Å². The van der Waals surface area contributed by atoms with Crippen LogP contribution in [0.15, 0.2) is 0 Å². The molecule has 1 aliphatic carbocycles. The monoisotopic (exact) mass is 279 g/mol. The smallest absolute Gasteiger partial charge is 0.306 e. The zero-order chi connectivity index (χ0) is 13.6. The Hall–Kier alpha value is -0.660. The van der Waals surface area contributed by atoms with Crippen LogP contribution in [0, 0.1) is 5.92 Å². The Morgan fingerprint density at radius 1 is 1.44 bits per heavy atom. The molecule has 0 radical (unpaired) electrons. The summed E-state index contributed by atoms with van der Waals surface area (Å²) in [5, 5.41) is 8.93. The van der Waals surface area contributed by atoms with Crippen molar-refractivity contribution in [1.82, 2.24) is 4.72 Å². The van der Waals surface area contributed by atoms with Gasteiger partial charge in [-0.15, -0.1) is 0 Å². The molecular formula is C11H21NO5S. The third-order valence-corrected chi connectivity index (χ3v) is 4.47. The molecule has 1 fully saturated rings. The van der Waals surface area contributed by atoms with Crippen LogP contribution in [0.1, 0.15) is 32.6 Å². The van der Waals surface area contributed by atoms with Gasteiger partial charge in [0.05, 0.1) is 18.3 Å². The van der Waals surface area contributed by atoms with Crippen LogP contribution in [-0.4, -0.2) is 44.5 Å². The molecule has 0 bridgehead atoms. The summed E-state index contributed by atoms with van der Waals surface area (Å²) in [7, 11) is -3.37. The summed E-state index contributed by atoms with van der Waals surface area (Å²) in [6, 6.07) is -0.258. The summed E-state index contributed by atoms with van der Waals surface area (Å²) < 4.78 is 31.0. The maximum Gasteiger partial charge on any atom is 0.306 e. The second-order valence-electron chi connectivity index (χ2n) is 4.53. The fourth-order valence-corrected chi connectivity index (χ4v) is 3.32. The van der Waals surface area contributed by atoms with Crippen molar-refractivity contribution in [3.05, 3.63) is 0 Å². The number of sulfonamides is 1. The van der Waals surface area contributed by atoms with E-state index in [2.05, 4.69) is 4.72 Å². The minimum Gasteiger partial charge on any atom is -0.481 e. The van der Waals surface area contributed by atoms with Gasteiger partial charge >= 0.3 is 5.97 Å². The minimum atomic E-state index is -3.37. The zero-order valence-electron chi connectivity index (χ0n) is 10.6. The maximum atomic E-state index is 11.7. The highest BCUT2D eigenvalue weighted by atomic mass is 32.2. The van der Waals surface area contributed by atoms with Crippen LogP contribution >= 0.6 is 0 Å². The van der Waals surface area contributed by atoms with Crippen molar-refractivity contribution in [1.29, 1.82) is 0 Å². The van der Waals surface area contributed by atoms with Crippen LogP contribution in [-0.2, 0) is 19.6 Å². The summed E-state index contributed by atoms with van der Waals surface area (Å²) >= 11 is 0. The van der Waals surface area contributed by atoms with E-state index in [0.29, 0.717) is 25.9 Å². The van der Waals surface area contributed by atoms with Gasteiger partial charge in [0, 0.05) is 12.6 Å². The number of hydrogen-bond donors (Lipinski definition) is 2. The molecule has 2 N–H and O–H groups in total. The molecule has 0 aromatic carbocycles. The van der Waals surface area contributed by atoms with Crippen LogP contribution in [0.3, 0.4) is 0 Å². The molecule has 0 aromatic heterocycles. The number of rotatable bonds is 7. The number of nitrogens with one attached hydrogen (secondary N) is 1. The van der Waals surface area contributed by atoms with Crippen LogP contribution in [0.25, 0.3) is 0 Å². The lowest BCUT2D eigenvalue weighted by Gasteiger charge is -2.27. The molecule has 0 saturated heterocycles. The highest BCUT2D eigenvalue weighted by molar-refractivity contribution is 7.89. The van der Waals surface area contributed by atoms with E-state index in [-0.39, 0.29) is 18.4 Å². The molecular weight excluding hydrogens is 258 g/mol. The normalized spacial score (nSPS) is 24.9. The van der Waals surface area contributed by atoms with Gasteiger partial charge in [0.25, 0.3) is 0 Å². The summed E-state index contributed by atoms with van der Waals surface area (Å²) in [6.45, 7) is 2.46. The van der Waals surface area contributed by atoms with Gasteiger partial charge in [-0.1, -0.05) is 6.42 Å². The number of hydrogen-bond acceptors (Lipinski definition) is 4. The lowest BCUT2D eigenvalue weighted by atomic mass is 9.86. The van der Waals surface area contributed by atoms with E-state index in [1.54, 1.807) is 6.92 Å². The van der Waals surface area contributed by atoms with E-state index in [9.17, 15) is 13.2 Å². The fourth-order valence-electron chi connectivity index (χ4n) is 2.15. The Bertz CT molecular complexity index is 368. The van der Waals surface area contributed by atoms with Crippen molar-refractivity contribution in [2.75, 3.05) is 19.0 Å². The topological polar surface area (TPSA) is 92.7 Å². The minimum absolute atomic E-state index is 0.0743. The maximum absolute atomic E-state index is 11.7. The fraction of sp³-hybridized carbons (Fsp3) is 0.909. The van der Waals surface area contributed by atoms with Gasteiger partial charge < -0.3 is 9.84 Å². The average Bonchev–Trinajstić information content (AvgIpc) is 2.28. The lowest BCUT2D eigenvalue weighted by Crippen LogP contribution is -2.41. The highest BCUT2D eigenvalue weighted by Crippen LogP contribution is 2.24. The average molecular weight is 279 g/mol. The number of carboxylic acids is 1. The molecule has 0 aromatic rings. The molecule has 0 heterocycles. The summed E-state index contributed by atoms with van der Waals surface area (Å²) in [5.41, 5.74) is 0. The van der Waals surface area contributed by atoms with Crippen molar-refractivity contribution >= 4 is 16.0 Å². The van der Waals surface area contributed by atoms with Crippen molar-refractivity contribution in [3.8, 4) is 0 Å². The van der Waals surface area contributed by atoms with Gasteiger partial charge in [-0.05, 0) is 26.2 Å². The molecule has 1 rings (SSSR count). The standard InChI is InChI=1S/C11H21NO5S/c1-2-17-6-7-18(15,16)12-10-5-3-4-9(8-10)11(13)14/h9-10,12H,2-8H2,1H3,(H,13,14). The predicted molar refractivity (Wildman–Crippen MR) is 66.8 cm³/mol. The third-order valence-electron chi connectivity index (χ3n) is 3.07. The quantitative estimate of drug-likeness (QED) is 0.665. The van der Waals surface area contributed by atoms with Crippen molar-refractivity contribution in [2.45, 2.75) is 38.6 Å². The zero-order valence-corrected chi connectivity index (χ0v) is 11.4. The van der Waals surface area contributed by atoms with Gasteiger partial charge in [-0.3, -0.25) is 4.79 Å². The van der Waals surface area contributed by atoms with Crippen LogP contribution < -0.4 is 4.72 Å². The Kier molecular flexibility index (Phi) is 6.04. The largest absolute Gasteiger partial charge is 0.481 e. The van der Waals surface area contributed by atoms with Crippen molar-refractivity contribution < 1.29 is 23.1 Å². The lowest BCUT2D eigenvalue weighted by molar-refractivity contribution is -0.143. The molecule has 18 heavy (non-hydrogen) atoms. The molecule has 1 aliphatic rings. The predicted octanol–water partition coefficient (Wildman–Crippen LogP) is 0.586. The molecule has 0 spiro atoms. The molecule has 2 unspecified atom stereocenters.